The Labute approximate surface area is 156 Å². The molecule has 5 nitrogen and oxygen atoms in total. The molecule has 1 aromatic rings. The van der Waals surface area contributed by atoms with Crippen LogP contribution in [0.2, 0.25) is 0 Å². The molecule has 1 aromatic carbocycles. The molecule has 1 aliphatic heterocycles. The Hall–Kier alpha value is -2.04. The second-order valence-electron chi connectivity index (χ2n) is 7.45. The molecule has 0 spiro atoms. The number of amides is 2. The smallest absolute Gasteiger partial charge is 0.260 e. The number of para-hydroxylation sites is 1. The Balaban J connectivity index is 1.39. The van der Waals surface area contributed by atoms with E-state index in [2.05, 4.69) is 5.32 Å². The number of rotatable bonds is 5. The van der Waals surface area contributed by atoms with Crippen LogP contribution in [0, 0.1) is 5.92 Å². The van der Waals surface area contributed by atoms with Crippen LogP contribution in [0.4, 0.5) is 0 Å². The Bertz CT molecular complexity index is 574. The number of benzene rings is 1. The normalized spacial score (nSPS) is 19.6. The van der Waals surface area contributed by atoms with Crippen LogP contribution in [0.3, 0.4) is 0 Å². The minimum Gasteiger partial charge on any atom is -0.484 e. The summed E-state index contributed by atoms with van der Waals surface area (Å²) in [7, 11) is 0. The Kier molecular flexibility index (Phi) is 6.92. The molecule has 142 valence electrons. The van der Waals surface area contributed by atoms with E-state index in [1.54, 1.807) is 0 Å². The lowest BCUT2D eigenvalue weighted by molar-refractivity contribution is -0.137. The highest BCUT2D eigenvalue weighted by Gasteiger charge is 2.28. The lowest BCUT2D eigenvalue weighted by atomic mass is 9.95. The number of nitrogens with zero attached hydrogens (tertiary/aromatic N) is 1. The summed E-state index contributed by atoms with van der Waals surface area (Å²) in [5.41, 5.74) is 0. The molecule has 2 amide bonds. The van der Waals surface area contributed by atoms with Gasteiger partial charge in [0.2, 0.25) is 5.91 Å². The van der Waals surface area contributed by atoms with Gasteiger partial charge in [-0.3, -0.25) is 9.59 Å². The SMILES string of the molecule is O=C(NC1CCCCCC1)C1CCN(C(=O)COc2ccccc2)CC1. The molecule has 1 saturated carbocycles. The molecule has 26 heavy (non-hydrogen) atoms. The Morgan fingerprint density at radius 3 is 2.27 bits per heavy atom. The van der Waals surface area contributed by atoms with Gasteiger partial charge in [-0.2, -0.15) is 0 Å². The highest BCUT2D eigenvalue weighted by atomic mass is 16.5. The fourth-order valence-corrected chi connectivity index (χ4v) is 3.89. The topological polar surface area (TPSA) is 58.6 Å². The maximum atomic E-state index is 12.5. The molecule has 2 fully saturated rings. The summed E-state index contributed by atoms with van der Waals surface area (Å²) in [5.74, 6) is 0.928. The summed E-state index contributed by atoms with van der Waals surface area (Å²) in [6.45, 7) is 1.34. The third kappa shape index (κ3) is 5.48. The second-order valence-corrected chi connectivity index (χ2v) is 7.45. The molecule has 1 N–H and O–H groups in total. The van der Waals surface area contributed by atoms with E-state index in [0.29, 0.717) is 24.9 Å². The van der Waals surface area contributed by atoms with E-state index in [1.807, 2.05) is 35.2 Å². The van der Waals surface area contributed by atoms with Crippen molar-refractivity contribution in [3.8, 4) is 5.75 Å². The number of nitrogens with one attached hydrogen (secondary N) is 1. The zero-order valence-electron chi connectivity index (χ0n) is 15.5. The molecular weight excluding hydrogens is 328 g/mol. The van der Waals surface area contributed by atoms with Crippen LogP contribution in [-0.4, -0.2) is 42.5 Å². The summed E-state index contributed by atoms with van der Waals surface area (Å²) < 4.78 is 5.54. The molecule has 1 heterocycles. The lowest BCUT2D eigenvalue weighted by Crippen LogP contribution is -2.46. The van der Waals surface area contributed by atoms with Gasteiger partial charge in [-0.1, -0.05) is 43.9 Å². The fraction of sp³-hybridized carbons (Fsp3) is 0.619. The molecule has 1 aliphatic carbocycles. The van der Waals surface area contributed by atoms with Gasteiger partial charge < -0.3 is 15.0 Å². The first-order valence-corrected chi connectivity index (χ1v) is 9.98. The summed E-state index contributed by atoms with van der Waals surface area (Å²) in [4.78, 5) is 26.6. The number of hydrogen-bond acceptors (Lipinski definition) is 3. The van der Waals surface area contributed by atoms with Crippen LogP contribution in [0.5, 0.6) is 5.75 Å². The van der Waals surface area contributed by atoms with Crippen LogP contribution in [-0.2, 0) is 9.59 Å². The van der Waals surface area contributed by atoms with Gasteiger partial charge >= 0.3 is 0 Å². The van der Waals surface area contributed by atoms with Gasteiger partial charge in [0.15, 0.2) is 6.61 Å². The second kappa shape index (κ2) is 9.60. The number of hydrogen-bond donors (Lipinski definition) is 1. The Morgan fingerprint density at radius 2 is 1.62 bits per heavy atom. The molecule has 0 aromatic heterocycles. The Morgan fingerprint density at radius 1 is 0.962 bits per heavy atom. The van der Waals surface area contributed by atoms with Crippen molar-refractivity contribution in [1.29, 1.82) is 0 Å². The van der Waals surface area contributed by atoms with E-state index in [0.717, 1.165) is 25.7 Å². The van der Waals surface area contributed by atoms with E-state index >= 15 is 0 Å². The number of likely N-dealkylation sites (tertiary alicyclic amines) is 1. The van der Waals surface area contributed by atoms with Crippen LogP contribution < -0.4 is 10.1 Å². The molecule has 1 saturated heterocycles. The van der Waals surface area contributed by atoms with Crippen molar-refractivity contribution in [3.05, 3.63) is 30.3 Å². The monoisotopic (exact) mass is 358 g/mol. The van der Waals surface area contributed by atoms with E-state index in [1.165, 1.54) is 25.7 Å². The predicted molar refractivity (Wildman–Crippen MR) is 101 cm³/mol. The average molecular weight is 358 g/mol. The molecule has 3 rings (SSSR count). The van der Waals surface area contributed by atoms with E-state index < -0.39 is 0 Å². The van der Waals surface area contributed by atoms with Crippen molar-refractivity contribution in [1.82, 2.24) is 10.2 Å². The van der Waals surface area contributed by atoms with Crippen LogP contribution in [0.1, 0.15) is 51.4 Å². The molecule has 2 aliphatic rings. The fourth-order valence-electron chi connectivity index (χ4n) is 3.89. The number of ether oxygens (including phenoxy) is 1. The van der Waals surface area contributed by atoms with Gasteiger partial charge in [-0.05, 0) is 37.8 Å². The van der Waals surface area contributed by atoms with Crippen LogP contribution in [0.25, 0.3) is 0 Å². The van der Waals surface area contributed by atoms with Crippen molar-refractivity contribution in [2.45, 2.75) is 57.4 Å². The van der Waals surface area contributed by atoms with Gasteiger partial charge in [0.1, 0.15) is 5.75 Å². The van der Waals surface area contributed by atoms with Gasteiger partial charge in [0.05, 0.1) is 0 Å². The maximum absolute atomic E-state index is 12.5. The van der Waals surface area contributed by atoms with Crippen molar-refractivity contribution in [3.63, 3.8) is 0 Å². The molecule has 0 atom stereocenters. The largest absolute Gasteiger partial charge is 0.484 e. The zero-order valence-corrected chi connectivity index (χ0v) is 15.5. The van der Waals surface area contributed by atoms with E-state index in [4.69, 9.17) is 4.74 Å². The zero-order chi connectivity index (χ0) is 18.2. The summed E-state index contributed by atoms with van der Waals surface area (Å²) in [6.07, 6.45) is 8.74. The van der Waals surface area contributed by atoms with Crippen molar-refractivity contribution < 1.29 is 14.3 Å². The maximum Gasteiger partial charge on any atom is 0.260 e. The van der Waals surface area contributed by atoms with Gasteiger partial charge in [0, 0.05) is 25.0 Å². The van der Waals surface area contributed by atoms with E-state index in [-0.39, 0.29) is 24.3 Å². The number of carbonyl (C=O) groups excluding carboxylic acids is 2. The van der Waals surface area contributed by atoms with Gasteiger partial charge in [-0.15, -0.1) is 0 Å². The molecule has 0 bridgehead atoms. The minimum atomic E-state index is -0.00326. The quantitative estimate of drug-likeness (QED) is 0.823. The van der Waals surface area contributed by atoms with Crippen molar-refractivity contribution >= 4 is 11.8 Å². The van der Waals surface area contributed by atoms with E-state index in [9.17, 15) is 9.59 Å². The molecular formula is C21H30N2O3. The first-order valence-electron chi connectivity index (χ1n) is 9.98. The summed E-state index contributed by atoms with van der Waals surface area (Å²) in [6, 6.07) is 9.73. The van der Waals surface area contributed by atoms with Crippen LogP contribution in [0.15, 0.2) is 30.3 Å². The number of carbonyl (C=O) groups is 2. The predicted octanol–water partition coefficient (Wildman–Crippen LogP) is 3.14. The average Bonchev–Trinajstić information content (AvgIpc) is 2.95. The van der Waals surface area contributed by atoms with Gasteiger partial charge in [0.25, 0.3) is 5.91 Å². The molecule has 0 unspecified atom stereocenters. The highest BCUT2D eigenvalue weighted by molar-refractivity contribution is 5.80. The third-order valence-electron chi connectivity index (χ3n) is 5.53. The summed E-state index contributed by atoms with van der Waals surface area (Å²) in [5, 5.41) is 3.25. The third-order valence-corrected chi connectivity index (χ3v) is 5.53. The molecule has 5 heteroatoms. The van der Waals surface area contributed by atoms with Crippen molar-refractivity contribution in [2.75, 3.05) is 19.7 Å². The standard InChI is InChI=1S/C21H30N2O3/c24-20(16-26-19-10-6-3-7-11-19)23-14-12-17(13-15-23)21(25)22-18-8-4-1-2-5-9-18/h3,6-7,10-11,17-18H,1-2,4-5,8-9,12-16H2,(H,22,25). The van der Waals surface area contributed by atoms with Gasteiger partial charge in [-0.25, -0.2) is 0 Å². The van der Waals surface area contributed by atoms with Crippen LogP contribution >= 0.6 is 0 Å². The first kappa shape index (κ1) is 18.7. The summed E-state index contributed by atoms with van der Waals surface area (Å²) >= 11 is 0. The highest BCUT2D eigenvalue weighted by Crippen LogP contribution is 2.21. The number of piperidine rings is 1. The molecule has 0 radical (unpaired) electrons. The minimum absolute atomic E-state index is 0.00326. The lowest BCUT2D eigenvalue weighted by Gasteiger charge is -2.32. The first-order chi connectivity index (χ1) is 12.7. The van der Waals surface area contributed by atoms with Crippen molar-refractivity contribution in [2.24, 2.45) is 5.92 Å².